The topological polar surface area (TPSA) is 82.3 Å². The van der Waals surface area contributed by atoms with Gasteiger partial charge >= 0.3 is 0 Å². The molecule has 1 amide bonds. The zero-order valence-electron chi connectivity index (χ0n) is 18.1. The molecule has 3 heterocycles. The third kappa shape index (κ3) is 4.16. The SMILES string of the molecule is COc1c(Cl)cccc1Nc1c(-c2ccncc2F)[nH]c2c1C(=O)NC[C@H]2CCN(C)C. The molecule has 1 aromatic carbocycles. The van der Waals surface area contributed by atoms with Crippen molar-refractivity contribution in [2.24, 2.45) is 0 Å². The average molecular weight is 458 g/mol. The summed E-state index contributed by atoms with van der Waals surface area (Å²) in [5.74, 6) is -0.213. The van der Waals surface area contributed by atoms with Gasteiger partial charge in [0.15, 0.2) is 11.6 Å². The Morgan fingerprint density at radius 1 is 1.34 bits per heavy atom. The molecule has 0 saturated carbocycles. The van der Waals surface area contributed by atoms with E-state index in [2.05, 4.69) is 25.5 Å². The highest BCUT2D eigenvalue weighted by Crippen LogP contribution is 2.43. The zero-order valence-corrected chi connectivity index (χ0v) is 18.9. The maximum absolute atomic E-state index is 14.8. The van der Waals surface area contributed by atoms with Gasteiger partial charge in [-0.3, -0.25) is 9.78 Å². The average Bonchev–Trinajstić information content (AvgIpc) is 3.13. The molecule has 9 heteroatoms. The molecule has 0 radical (unpaired) electrons. The maximum atomic E-state index is 14.8. The largest absolute Gasteiger partial charge is 0.493 e. The van der Waals surface area contributed by atoms with E-state index in [0.29, 0.717) is 45.5 Å². The third-order valence-electron chi connectivity index (χ3n) is 5.57. The molecule has 4 rings (SSSR count). The van der Waals surface area contributed by atoms with Gasteiger partial charge < -0.3 is 25.3 Å². The van der Waals surface area contributed by atoms with Crippen molar-refractivity contribution in [3.8, 4) is 17.0 Å². The minimum absolute atomic E-state index is 0.0607. The highest BCUT2D eigenvalue weighted by atomic mass is 35.5. The first-order valence-corrected chi connectivity index (χ1v) is 10.7. The van der Waals surface area contributed by atoms with E-state index >= 15 is 0 Å². The van der Waals surface area contributed by atoms with Crippen LogP contribution in [-0.4, -0.2) is 55.1 Å². The minimum Gasteiger partial charge on any atom is -0.493 e. The first-order valence-electron chi connectivity index (χ1n) is 10.3. The van der Waals surface area contributed by atoms with E-state index in [9.17, 15) is 9.18 Å². The van der Waals surface area contributed by atoms with Crippen molar-refractivity contribution < 1.29 is 13.9 Å². The number of rotatable bonds is 7. The molecular formula is C23H25ClFN5O2. The predicted molar refractivity (Wildman–Crippen MR) is 124 cm³/mol. The van der Waals surface area contributed by atoms with Crippen LogP contribution >= 0.6 is 11.6 Å². The Balaban J connectivity index is 1.89. The summed E-state index contributed by atoms with van der Waals surface area (Å²) in [6.45, 7) is 1.36. The van der Waals surface area contributed by atoms with E-state index in [0.717, 1.165) is 24.9 Å². The first-order chi connectivity index (χ1) is 15.4. The summed E-state index contributed by atoms with van der Waals surface area (Å²) < 4.78 is 20.2. The van der Waals surface area contributed by atoms with Crippen LogP contribution in [0.3, 0.4) is 0 Å². The Hall–Kier alpha value is -3.10. The number of amides is 1. The molecule has 1 aliphatic rings. The highest BCUT2D eigenvalue weighted by Gasteiger charge is 2.33. The van der Waals surface area contributed by atoms with Gasteiger partial charge in [-0.05, 0) is 45.3 Å². The Labute approximate surface area is 190 Å². The lowest BCUT2D eigenvalue weighted by atomic mass is 9.93. The van der Waals surface area contributed by atoms with Crippen LogP contribution in [0.15, 0.2) is 36.7 Å². The second-order valence-corrected chi connectivity index (χ2v) is 8.37. The summed E-state index contributed by atoms with van der Waals surface area (Å²) in [4.78, 5) is 22.3. The van der Waals surface area contributed by atoms with Crippen molar-refractivity contribution in [2.75, 3.05) is 39.6 Å². The summed E-state index contributed by atoms with van der Waals surface area (Å²) >= 11 is 6.29. The monoisotopic (exact) mass is 457 g/mol. The molecule has 1 aliphatic heterocycles. The number of aromatic nitrogens is 2. The van der Waals surface area contributed by atoms with E-state index in [1.807, 2.05) is 14.1 Å². The van der Waals surface area contributed by atoms with Crippen LogP contribution in [0.5, 0.6) is 5.75 Å². The van der Waals surface area contributed by atoms with Crippen LogP contribution < -0.4 is 15.4 Å². The quantitative estimate of drug-likeness (QED) is 0.490. The van der Waals surface area contributed by atoms with Crippen LogP contribution in [-0.2, 0) is 0 Å². The number of benzene rings is 1. The smallest absolute Gasteiger partial charge is 0.255 e. The number of anilines is 2. The summed E-state index contributed by atoms with van der Waals surface area (Å²) in [6, 6.07) is 6.87. The molecule has 0 bridgehead atoms. The molecule has 1 atom stereocenters. The van der Waals surface area contributed by atoms with Gasteiger partial charge in [0.05, 0.1) is 41.0 Å². The number of aromatic amines is 1. The normalized spacial score (nSPS) is 15.4. The number of nitrogens with zero attached hydrogens (tertiary/aromatic N) is 2. The van der Waals surface area contributed by atoms with Crippen LogP contribution in [0.1, 0.15) is 28.4 Å². The number of halogens is 2. The lowest BCUT2D eigenvalue weighted by Crippen LogP contribution is -2.36. The van der Waals surface area contributed by atoms with Gasteiger partial charge in [0.2, 0.25) is 0 Å². The first kappa shape index (κ1) is 22.1. The van der Waals surface area contributed by atoms with Crippen molar-refractivity contribution >= 4 is 28.9 Å². The molecule has 0 saturated heterocycles. The number of fused-ring (bicyclic) bond motifs is 1. The fourth-order valence-electron chi connectivity index (χ4n) is 3.98. The van der Waals surface area contributed by atoms with E-state index in [1.165, 1.54) is 13.3 Å². The van der Waals surface area contributed by atoms with Crippen molar-refractivity contribution in [3.63, 3.8) is 0 Å². The van der Waals surface area contributed by atoms with Crippen LogP contribution in [0.2, 0.25) is 5.02 Å². The zero-order chi connectivity index (χ0) is 22.8. The predicted octanol–water partition coefficient (Wildman–Crippen LogP) is 4.40. The number of hydrogen-bond acceptors (Lipinski definition) is 5. The number of para-hydroxylation sites is 1. The highest BCUT2D eigenvalue weighted by molar-refractivity contribution is 6.32. The Morgan fingerprint density at radius 3 is 2.88 bits per heavy atom. The Morgan fingerprint density at radius 2 is 2.16 bits per heavy atom. The van der Waals surface area contributed by atoms with Crippen molar-refractivity contribution in [2.45, 2.75) is 12.3 Å². The van der Waals surface area contributed by atoms with Gasteiger partial charge in [0, 0.05) is 29.9 Å². The number of nitrogens with one attached hydrogen (secondary N) is 3. The fraction of sp³-hybridized carbons (Fsp3) is 0.304. The molecule has 0 aliphatic carbocycles. The molecular weight excluding hydrogens is 433 g/mol. The van der Waals surface area contributed by atoms with Crippen molar-refractivity contribution in [3.05, 3.63) is 58.8 Å². The molecule has 2 aromatic heterocycles. The second kappa shape index (κ2) is 9.18. The number of carbonyl (C=O) groups is 1. The summed E-state index contributed by atoms with van der Waals surface area (Å²) in [5, 5.41) is 6.68. The number of hydrogen-bond donors (Lipinski definition) is 3. The lowest BCUT2D eigenvalue weighted by Gasteiger charge is -2.25. The van der Waals surface area contributed by atoms with Gasteiger partial charge in [-0.1, -0.05) is 17.7 Å². The molecule has 7 nitrogen and oxygen atoms in total. The number of carbonyl (C=O) groups excluding carboxylic acids is 1. The van der Waals surface area contributed by atoms with E-state index in [-0.39, 0.29) is 11.8 Å². The van der Waals surface area contributed by atoms with E-state index in [4.69, 9.17) is 16.3 Å². The maximum Gasteiger partial charge on any atom is 0.255 e. The van der Waals surface area contributed by atoms with Gasteiger partial charge in [0.1, 0.15) is 0 Å². The summed E-state index contributed by atoms with van der Waals surface area (Å²) in [7, 11) is 5.53. The molecule has 3 aromatic rings. The van der Waals surface area contributed by atoms with Crippen LogP contribution in [0.25, 0.3) is 11.3 Å². The molecule has 3 N–H and O–H groups in total. The van der Waals surface area contributed by atoms with Crippen LogP contribution in [0, 0.1) is 5.82 Å². The van der Waals surface area contributed by atoms with Gasteiger partial charge in [-0.15, -0.1) is 0 Å². The number of H-pyrrole nitrogens is 1. The Kier molecular flexibility index (Phi) is 6.34. The third-order valence-corrected chi connectivity index (χ3v) is 5.87. The number of pyridine rings is 1. The summed E-state index contributed by atoms with van der Waals surface area (Å²) in [5.41, 5.74) is 3.08. The standard InChI is InChI=1S/C23H25ClFN5O2/c1-30(2)10-8-13-11-27-23(31)18-19(13)29-20(14-7-9-26-12-16(14)25)21(18)28-17-6-4-5-15(24)22(17)32-3/h4-7,9,12-13,28-29H,8,10-11H2,1-3H3,(H,27,31)/t13-/m1/s1. The van der Waals surface area contributed by atoms with Crippen molar-refractivity contribution in [1.82, 2.24) is 20.2 Å². The van der Waals surface area contributed by atoms with Gasteiger partial charge in [-0.2, -0.15) is 0 Å². The molecule has 168 valence electrons. The molecule has 32 heavy (non-hydrogen) atoms. The molecule has 0 fully saturated rings. The minimum atomic E-state index is -0.488. The van der Waals surface area contributed by atoms with E-state index < -0.39 is 5.82 Å². The van der Waals surface area contributed by atoms with Gasteiger partial charge in [0.25, 0.3) is 5.91 Å². The number of methoxy groups -OCH3 is 1. The summed E-state index contributed by atoms with van der Waals surface area (Å²) in [6.07, 6.45) is 3.51. The molecule has 0 unspecified atom stereocenters. The Bertz CT molecular complexity index is 1150. The van der Waals surface area contributed by atoms with Crippen LogP contribution in [0.4, 0.5) is 15.8 Å². The van der Waals surface area contributed by atoms with Gasteiger partial charge in [-0.25, -0.2) is 4.39 Å². The molecule has 0 spiro atoms. The van der Waals surface area contributed by atoms with E-state index in [1.54, 1.807) is 24.3 Å². The number of ether oxygens (including phenoxy) is 1. The lowest BCUT2D eigenvalue weighted by molar-refractivity contribution is 0.0939. The second-order valence-electron chi connectivity index (χ2n) is 7.96. The van der Waals surface area contributed by atoms with Crippen molar-refractivity contribution in [1.29, 1.82) is 0 Å². The fourth-order valence-corrected chi connectivity index (χ4v) is 4.23.